The van der Waals surface area contributed by atoms with Gasteiger partial charge < -0.3 is 4.74 Å². The maximum atomic E-state index is 10.7. The summed E-state index contributed by atoms with van der Waals surface area (Å²) in [4.78, 5) is 10.7. The van der Waals surface area contributed by atoms with Crippen molar-refractivity contribution in [1.29, 1.82) is 0 Å². The summed E-state index contributed by atoms with van der Waals surface area (Å²) in [6, 6.07) is 0. The van der Waals surface area contributed by atoms with Gasteiger partial charge in [-0.05, 0) is 12.8 Å². The molecule has 0 fully saturated rings. The normalized spacial score (nSPS) is 9.62. The highest BCUT2D eigenvalue weighted by atomic mass is 16.5. The minimum Gasteiger partial charge on any atom is -0.377 e. The van der Waals surface area contributed by atoms with E-state index in [1.54, 1.807) is 6.08 Å². The SMILES string of the molecule is C=CCOCCCCCC(=O)NN. The van der Waals surface area contributed by atoms with Crippen LogP contribution in [0.15, 0.2) is 12.7 Å². The molecule has 1 amide bonds. The van der Waals surface area contributed by atoms with Gasteiger partial charge in [-0.3, -0.25) is 10.2 Å². The number of hydrogen-bond acceptors (Lipinski definition) is 3. The molecule has 0 aromatic carbocycles. The van der Waals surface area contributed by atoms with Gasteiger partial charge in [-0.25, -0.2) is 5.84 Å². The van der Waals surface area contributed by atoms with E-state index in [0.29, 0.717) is 13.0 Å². The van der Waals surface area contributed by atoms with Crippen molar-refractivity contribution in [2.75, 3.05) is 13.2 Å². The second-order valence-electron chi connectivity index (χ2n) is 2.74. The Hall–Kier alpha value is -0.870. The van der Waals surface area contributed by atoms with Gasteiger partial charge in [-0.1, -0.05) is 12.5 Å². The topological polar surface area (TPSA) is 64.3 Å². The number of nitrogens with two attached hydrogens (primary N) is 1. The summed E-state index contributed by atoms with van der Waals surface area (Å²) >= 11 is 0. The number of nitrogens with one attached hydrogen (secondary N) is 1. The predicted octanol–water partition coefficient (Wildman–Crippen LogP) is 0.739. The second kappa shape index (κ2) is 9.22. The Balaban J connectivity index is 2.99. The van der Waals surface area contributed by atoms with Crippen molar-refractivity contribution in [2.45, 2.75) is 25.7 Å². The third-order valence-corrected chi connectivity index (χ3v) is 1.59. The molecular formula is C9H18N2O2. The number of amides is 1. The van der Waals surface area contributed by atoms with Crippen LogP contribution in [0, 0.1) is 0 Å². The van der Waals surface area contributed by atoms with Crippen molar-refractivity contribution in [2.24, 2.45) is 5.84 Å². The van der Waals surface area contributed by atoms with Gasteiger partial charge in [0, 0.05) is 13.0 Å². The molecule has 76 valence electrons. The summed E-state index contributed by atoms with van der Waals surface area (Å²) < 4.78 is 5.17. The molecule has 0 bridgehead atoms. The summed E-state index contributed by atoms with van der Waals surface area (Å²) in [5, 5.41) is 0. The monoisotopic (exact) mass is 186 g/mol. The highest BCUT2D eigenvalue weighted by Crippen LogP contribution is 1.99. The smallest absolute Gasteiger partial charge is 0.233 e. The summed E-state index contributed by atoms with van der Waals surface area (Å²) in [6.45, 7) is 4.87. The Morgan fingerprint density at radius 1 is 1.46 bits per heavy atom. The van der Waals surface area contributed by atoms with E-state index < -0.39 is 0 Å². The Morgan fingerprint density at radius 3 is 2.85 bits per heavy atom. The van der Waals surface area contributed by atoms with Crippen LogP contribution in [0.3, 0.4) is 0 Å². The Kier molecular flexibility index (Phi) is 8.60. The second-order valence-corrected chi connectivity index (χ2v) is 2.74. The third-order valence-electron chi connectivity index (χ3n) is 1.59. The van der Waals surface area contributed by atoms with Crippen LogP contribution in [0.2, 0.25) is 0 Å². The largest absolute Gasteiger partial charge is 0.377 e. The van der Waals surface area contributed by atoms with Crippen molar-refractivity contribution in [1.82, 2.24) is 5.43 Å². The first kappa shape index (κ1) is 12.1. The van der Waals surface area contributed by atoms with E-state index >= 15 is 0 Å². The lowest BCUT2D eigenvalue weighted by Gasteiger charge is -2.01. The molecule has 0 heterocycles. The van der Waals surface area contributed by atoms with E-state index in [-0.39, 0.29) is 5.91 Å². The predicted molar refractivity (Wildman–Crippen MR) is 51.8 cm³/mol. The molecule has 0 aliphatic heterocycles. The highest BCUT2D eigenvalue weighted by Gasteiger charge is 1.96. The first-order valence-corrected chi connectivity index (χ1v) is 4.49. The maximum Gasteiger partial charge on any atom is 0.233 e. The molecule has 0 aliphatic carbocycles. The van der Waals surface area contributed by atoms with Crippen molar-refractivity contribution in [3.8, 4) is 0 Å². The first-order valence-electron chi connectivity index (χ1n) is 4.49. The summed E-state index contributed by atoms with van der Waals surface area (Å²) in [6.07, 6.45) is 5.05. The number of carbonyl (C=O) groups excluding carboxylic acids is 1. The fourth-order valence-electron chi connectivity index (χ4n) is 0.905. The van der Waals surface area contributed by atoms with Crippen molar-refractivity contribution in [3.05, 3.63) is 12.7 Å². The van der Waals surface area contributed by atoms with Gasteiger partial charge in [0.25, 0.3) is 0 Å². The van der Waals surface area contributed by atoms with Crippen LogP contribution < -0.4 is 11.3 Å². The lowest BCUT2D eigenvalue weighted by atomic mass is 10.2. The molecule has 0 aliphatic rings. The summed E-state index contributed by atoms with van der Waals surface area (Å²) in [5.74, 6) is 4.81. The van der Waals surface area contributed by atoms with Gasteiger partial charge in [0.15, 0.2) is 0 Å². The maximum absolute atomic E-state index is 10.7. The van der Waals surface area contributed by atoms with E-state index in [0.717, 1.165) is 25.9 Å². The summed E-state index contributed by atoms with van der Waals surface area (Å²) in [7, 11) is 0. The molecule has 0 saturated heterocycles. The van der Waals surface area contributed by atoms with E-state index in [2.05, 4.69) is 12.0 Å². The van der Waals surface area contributed by atoms with Gasteiger partial charge >= 0.3 is 0 Å². The zero-order valence-electron chi connectivity index (χ0n) is 7.92. The Morgan fingerprint density at radius 2 is 2.23 bits per heavy atom. The fourth-order valence-corrected chi connectivity index (χ4v) is 0.905. The van der Waals surface area contributed by atoms with Crippen LogP contribution in [-0.4, -0.2) is 19.1 Å². The number of hydrazine groups is 1. The Labute approximate surface area is 79.1 Å². The zero-order valence-corrected chi connectivity index (χ0v) is 7.92. The van der Waals surface area contributed by atoms with Crippen LogP contribution >= 0.6 is 0 Å². The van der Waals surface area contributed by atoms with Crippen LogP contribution in [0.4, 0.5) is 0 Å². The van der Waals surface area contributed by atoms with Crippen molar-refractivity contribution in [3.63, 3.8) is 0 Å². The highest BCUT2D eigenvalue weighted by molar-refractivity contribution is 5.74. The molecule has 4 nitrogen and oxygen atoms in total. The van der Waals surface area contributed by atoms with Gasteiger partial charge in [0.2, 0.25) is 5.91 Å². The molecule has 0 aromatic rings. The molecule has 3 N–H and O–H groups in total. The van der Waals surface area contributed by atoms with E-state index in [1.807, 2.05) is 0 Å². The van der Waals surface area contributed by atoms with Gasteiger partial charge in [0.05, 0.1) is 6.61 Å². The van der Waals surface area contributed by atoms with Crippen molar-refractivity contribution < 1.29 is 9.53 Å². The van der Waals surface area contributed by atoms with E-state index in [1.165, 1.54) is 0 Å². The fraction of sp³-hybridized carbons (Fsp3) is 0.667. The molecule has 0 saturated carbocycles. The standard InChI is InChI=1S/C9H18N2O2/c1-2-7-13-8-5-3-4-6-9(12)11-10/h2H,1,3-8,10H2,(H,11,12). The molecule has 0 unspecified atom stereocenters. The number of rotatable bonds is 8. The quantitative estimate of drug-likeness (QED) is 0.193. The minimum atomic E-state index is -0.105. The number of carbonyl (C=O) groups is 1. The molecular weight excluding hydrogens is 168 g/mol. The summed E-state index contributed by atoms with van der Waals surface area (Å²) in [5.41, 5.74) is 2.09. The average molecular weight is 186 g/mol. The number of hydrogen-bond donors (Lipinski definition) is 2. The Bertz CT molecular complexity index is 149. The molecule has 0 spiro atoms. The van der Waals surface area contributed by atoms with Gasteiger partial charge in [-0.15, -0.1) is 6.58 Å². The van der Waals surface area contributed by atoms with E-state index in [9.17, 15) is 4.79 Å². The molecule has 13 heavy (non-hydrogen) atoms. The first-order chi connectivity index (χ1) is 6.31. The molecule has 0 radical (unpaired) electrons. The number of unbranched alkanes of at least 4 members (excludes halogenated alkanes) is 2. The van der Waals surface area contributed by atoms with Crippen LogP contribution in [0.25, 0.3) is 0 Å². The van der Waals surface area contributed by atoms with Crippen LogP contribution in [0.5, 0.6) is 0 Å². The molecule has 4 heteroatoms. The minimum absolute atomic E-state index is 0.105. The lowest BCUT2D eigenvalue weighted by molar-refractivity contribution is -0.121. The third kappa shape index (κ3) is 9.04. The van der Waals surface area contributed by atoms with E-state index in [4.69, 9.17) is 10.6 Å². The van der Waals surface area contributed by atoms with Gasteiger partial charge in [-0.2, -0.15) is 0 Å². The molecule has 0 rings (SSSR count). The zero-order chi connectivity index (χ0) is 9.94. The average Bonchev–Trinajstić information content (AvgIpc) is 2.16. The lowest BCUT2D eigenvalue weighted by Crippen LogP contribution is -2.29. The molecule has 0 atom stereocenters. The molecule has 0 aromatic heterocycles. The van der Waals surface area contributed by atoms with Crippen molar-refractivity contribution >= 4 is 5.91 Å². The van der Waals surface area contributed by atoms with Crippen LogP contribution in [0.1, 0.15) is 25.7 Å². The number of ether oxygens (including phenoxy) is 1. The van der Waals surface area contributed by atoms with Gasteiger partial charge in [0.1, 0.15) is 0 Å². The van der Waals surface area contributed by atoms with Crippen LogP contribution in [-0.2, 0) is 9.53 Å².